The van der Waals surface area contributed by atoms with Crippen LogP contribution < -0.4 is 4.72 Å². The van der Waals surface area contributed by atoms with Crippen molar-refractivity contribution in [2.45, 2.75) is 11.8 Å². The van der Waals surface area contributed by atoms with Gasteiger partial charge in [0, 0.05) is 0 Å². The fourth-order valence-electron chi connectivity index (χ4n) is 1.35. The highest BCUT2D eigenvalue weighted by Gasteiger charge is 2.24. The smallest absolute Gasteiger partial charge is 0.326 e. The number of rotatable bonds is 6. The number of methoxy groups -OCH3 is 1. The minimum absolute atomic E-state index is 0.263. The Balaban J connectivity index is 2.73. The molecule has 1 aromatic carbocycles. The summed E-state index contributed by atoms with van der Waals surface area (Å²) in [7, 11) is -2.59. The van der Waals surface area contributed by atoms with Crippen LogP contribution in [0.25, 0.3) is 0 Å². The van der Waals surface area contributed by atoms with E-state index in [1.54, 1.807) is 30.3 Å². The standard InChI is InChI=1S/C11H15NO5S/c1-17-11(14)10(7-13)12-18(15,16)8-9-5-3-2-4-6-9/h2-6,10,12-13H,7-8H2,1H3/t10-/m0/s1. The van der Waals surface area contributed by atoms with Crippen molar-refractivity contribution in [1.82, 2.24) is 4.72 Å². The maximum atomic E-state index is 11.8. The highest BCUT2D eigenvalue weighted by Crippen LogP contribution is 2.05. The Morgan fingerprint density at radius 2 is 2.00 bits per heavy atom. The summed E-state index contributed by atoms with van der Waals surface area (Å²) < 4.78 is 30.0. The molecule has 0 bridgehead atoms. The van der Waals surface area contributed by atoms with Crippen LogP contribution >= 0.6 is 0 Å². The lowest BCUT2D eigenvalue weighted by molar-refractivity contribution is -0.143. The molecule has 0 radical (unpaired) electrons. The number of benzene rings is 1. The van der Waals surface area contributed by atoms with Gasteiger partial charge in [0.25, 0.3) is 0 Å². The first-order valence-corrected chi connectivity index (χ1v) is 6.86. The van der Waals surface area contributed by atoms with E-state index in [9.17, 15) is 13.2 Å². The highest BCUT2D eigenvalue weighted by atomic mass is 32.2. The van der Waals surface area contributed by atoms with Crippen molar-refractivity contribution in [2.24, 2.45) is 0 Å². The first kappa shape index (κ1) is 14.6. The Kier molecular flexibility index (Phi) is 5.26. The van der Waals surface area contributed by atoms with Crippen LogP contribution in [0.1, 0.15) is 5.56 Å². The van der Waals surface area contributed by atoms with E-state index in [0.29, 0.717) is 5.56 Å². The zero-order valence-electron chi connectivity index (χ0n) is 9.87. The predicted molar refractivity (Wildman–Crippen MR) is 65.1 cm³/mol. The summed E-state index contributed by atoms with van der Waals surface area (Å²) in [4.78, 5) is 11.2. The number of nitrogens with one attached hydrogen (secondary N) is 1. The molecule has 0 fully saturated rings. The molecule has 6 nitrogen and oxygen atoms in total. The van der Waals surface area contributed by atoms with Crippen molar-refractivity contribution in [2.75, 3.05) is 13.7 Å². The van der Waals surface area contributed by atoms with Crippen LogP contribution in [-0.4, -0.2) is 39.3 Å². The second-order valence-corrected chi connectivity index (χ2v) is 5.37. The van der Waals surface area contributed by atoms with Crippen molar-refractivity contribution >= 4 is 16.0 Å². The van der Waals surface area contributed by atoms with Gasteiger partial charge in [-0.15, -0.1) is 0 Å². The van der Waals surface area contributed by atoms with E-state index in [1.807, 2.05) is 0 Å². The lowest BCUT2D eigenvalue weighted by Crippen LogP contribution is -2.44. The summed E-state index contributed by atoms with van der Waals surface area (Å²) in [6.07, 6.45) is 0. The summed E-state index contributed by atoms with van der Waals surface area (Å²) in [5.74, 6) is -1.09. The normalized spacial score (nSPS) is 13.0. The van der Waals surface area contributed by atoms with Crippen LogP contribution in [0.3, 0.4) is 0 Å². The maximum absolute atomic E-state index is 11.8. The largest absolute Gasteiger partial charge is 0.468 e. The molecule has 0 heterocycles. The zero-order chi connectivity index (χ0) is 13.6. The molecule has 7 heteroatoms. The van der Waals surface area contributed by atoms with Crippen LogP contribution in [0.4, 0.5) is 0 Å². The minimum atomic E-state index is -3.71. The lowest BCUT2D eigenvalue weighted by Gasteiger charge is -2.14. The number of ether oxygens (including phenoxy) is 1. The number of aliphatic hydroxyl groups is 1. The van der Waals surface area contributed by atoms with Crippen LogP contribution in [0, 0.1) is 0 Å². The van der Waals surface area contributed by atoms with Crippen LogP contribution in [0.15, 0.2) is 30.3 Å². The number of hydrogen-bond donors (Lipinski definition) is 2. The highest BCUT2D eigenvalue weighted by molar-refractivity contribution is 7.88. The van der Waals surface area contributed by atoms with Gasteiger partial charge in [-0.05, 0) is 5.56 Å². The third kappa shape index (κ3) is 4.44. The third-order valence-electron chi connectivity index (χ3n) is 2.19. The topological polar surface area (TPSA) is 92.7 Å². The van der Waals surface area contributed by atoms with Gasteiger partial charge < -0.3 is 9.84 Å². The molecule has 18 heavy (non-hydrogen) atoms. The quantitative estimate of drug-likeness (QED) is 0.690. The fourth-order valence-corrected chi connectivity index (χ4v) is 2.67. The number of carbonyl (C=O) groups is 1. The van der Waals surface area contributed by atoms with Gasteiger partial charge in [0.15, 0.2) is 0 Å². The summed E-state index contributed by atoms with van der Waals surface area (Å²) in [5, 5.41) is 8.93. The molecule has 0 aromatic heterocycles. The summed E-state index contributed by atoms with van der Waals surface area (Å²) in [6.45, 7) is -0.652. The molecule has 0 amide bonds. The monoisotopic (exact) mass is 273 g/mol. The number of hydrogen-bond acceptors (Lipinski definition) is 5. The van der Waals surface area contributed by atoms with E-state index in [2.05, 4.69) is 9.46 Å². The Hall–Kier alpha value is -1.44. The first-order valence-electron chi connectivity index (χ1n) is 5.21. The molecular weight excluding hydrogens is 258 g/mol. The van der Waals surface area contributed by atoms with Gasteiger partial charge in [-0.2, -0.15) is 4.72 Å². The average molecular weight is 273 g/mol. The van der Waals surface area contributed by atoms with Crippen molar-refractivity contribution < 1.29 is 23.1 Å². The molecule has 1 aromatic rings. The van der Waals surface area contributed by atoms with Gasteiger partial charge in [-0.3, -0.25) is 4.79 Å². The minimum Gasteiger partial charge on any atom is -0.468 e. The molecular formula is C11H15NO5S. The number of sulfonamides is 1. The van der Waals surface area contributed by atoms with Crippen molar-refractivity contribution in [3.8, 4) is 0 Å². The Labute approximate surface area is 106 Å². The molecule has 100 valence electrons. The maximum Gasteiger partial charge on any atom is 0.326 e. The summed E-state index contributed by atoms with van der Waals surface area (Å²) in [5.41, 5.74) is 0.589. The van der Waals surface area contributed by atoms with Crippen LogP contribution in [0.2, 0.25) is 0 Å². The fraction of sp³-hybridized carbons (Fsp3) is 0.364. The third-order valence-corrected chi connectivity index (χ3v) is 3.55. The van der Waals surface area contributed by atoms with Crippen molar-refractivity contribution in [1.29, 1.82) is 0 Å². The molecule has 0 unspecified atom stereocenters. The Morgan fingerprint density at radius 1 is 1.39 bits per heavy atom. The number of carbonyl (C=O) groups excluding carboxylic acids is 1. The molecule has 1 atom stereocenters. The van der Waals surface area contributed by atoms with E-state index in [-0.39, 0.29) is 5.75 Å². The molecule has 0 saturated carbocycles. The molecule has 0 aliphatic carbocycles. The van der Waals surface area contributed by atoms with Gasteiger partial charge in [0.1, 0.15) is 6.04 Å². The van der Waals surface area contributed by atoms with E-state index in [1.165, 1.54) is 0 Å². The first-order chi connectivity index (χ1) is 8.48. The molecule has 0 aliphatic rings. The van der Waals surface area contributed by atoms with E-state index in [0.717, 1.165) is 7.11 Å². The molecule has 0 saturated heterocycles. The summed E-state index contributed by atoms with van der Waals surface area (Å²) in [6, 6.07) is 7.25. The number of aliphatic hydroxyl groups excluding tert-OH is 1. The van der Waals surface area contributed by atoms with Gasteiger partial charge in [-0.25, -0.2) is 8.42 Å². The number of esters is 1. The SMILES string of the molecule is COC(=O)[C@H](CO)NS(=O)(=O)Cc1ccccc1. The predicted octanol–water partition coefficient (Wildman–Crippen LogP) is -0.360. The van der Waals surface area contributed by atoms with Crippen molar-refractivity contribution in [3.63, 3.8) is 0 Å². The second kappa shape index (κ2) is 6.48. The Morgan fingerprint density at radius 3 is 2.50 bits per heavy atom. The summed E-state index contributed by atoms with van der Waals surface area (Å²) >= 11 is 0. The van der Waals surface area contributed by atoms with Crippen LogP contribution in [-0.2, 0) is 25.3 Å². The van der Waals surface area contributed by atoms with Gasteiger partial charge in [0.05, 0.1) is 19.5 Å². The lowest BCUT2D eigenvalue weighted by atomic mass is 10.2. The Bertz CT molecular complexity index is 485. The molecule has 1 rings (SSSR count). The second-order valence-electron chi connectivity index (χ2n) is 3.62. The molecule has 0 spiro atoms. The van der Waals surface area contributed by atoms with Gasteiger partial charge in [-0.1, -0.05) is 30.3 Å². The molecule has 2 N–H and O–H groups in total. The van der Waals surface area contributed by atoms with E-state index >= 15 is 0 Å². The van der Waals surface area contributed by atoms with Gasteiger partial charge in [0.2, 0.25) is 10.0 Å². The van der Waals surface area contributed by atoms with E-state index < -0.39 is 28.6 Å². The van der Waals surface area contributed by atoms with Crippen molar-refractivity contribution in [3.05, 3.63) is 35.9 Å². The average Bonchev–Trinajstić information content (AvgIpc) is 2.35. The van der Waals surface area contributed by atoms with Crippen LogP contribution in [0.5, 0.6) is 0 Å². The molecule has 0 aliphatic heterocycles. The van der Waals surface area contributed by atoms with Gasteiger partial charge >= 0.3 is 5.97 Å². The zero-order valence-corrected chi connectivity index (χ0v) is 10.7. The van der Waals surface area contributed by atoms with E-state index in [4.69, 9.17) is 5.11 Å².